The van der Waals surface area contributed by atoms with Crippen LogP contribution in [0, 0.1) is 5.92 Å². The van der Waals surface area contributed by atoms with Gasteiger partial charge in [-0.15, -0.1) is 0 Å². The Morgan fingerprint density at radius 2 is 1.77 bits per heavy atom. The number of hydrogen-bond donors (Lipinski definition) is 2. The lowest BCUT2D eigenvalue weighted by atomic mass is 10.1. The predicted octanol–water partition coefficient (Wildman–Crippen LogP) is 2.63. The molecule has 0 unspecified atom stereocenters. The normalized spacial score (nSPS) is 13.5. The molecule has 2 N–H and O–H groups in total. The summed E-state index contributed by atoms with van der Waals surface area (Å²) in [6.07, 6.45) is 2.83. The van der Waals surface area contributed by atoms with E-state index in [-0.39, 0.29) is 11.9 Å². The van der Waals surface area contributed by atoms with Gasteiger partial charge in [0, 0.05) is 25.3 Å². The Bertz CT molecular complexity index is 505. The van der Waals surface area contributed by atoms with Crippen LogP contribution in [0.25, 0.3) is 0 Å². The van der Waals surface area contributed by atoms with Gasteiger partial charge in [-0.05, 0) is 50.3 Å². The van der Waals surface area contributed by atoms with E-state index in [0.717, 1.165) is 30.9 Å². The molecule has 3 amide bonds. The van der Waals surface area contributed by atoms with Crippen LogP contribution in [0.3, 0.4) is 0 Å². The molecule has 0 saturated heterocycles. The van der Waals surface area contributed by atoms with Crippen LogP contribution in [0.2, 0.25) is 0 Å². The zero-order valence-corrected chi connectivity index (χ0v) is 13.4. The van der Waals surface area contributed by atoms with E-state index < -0.39 is 0 Å². The van der Waals surface area contributed by atoms with Gasteiger partial charge in [0.25, 0.3) is 0 Å². The van der Waals surface area contributed by atoms with Crippen LogP contribution in [0.5, 0.6) is 0 Å². The lowest BCUT2D eigenvalue weighted by molar-refractivity contribution is -0.130. The fraction of sp³-hybridized carbons (Fsp3) is 0.529. The third kappa shape index (κ3) is 5.06. The molecule has 0 aliphatic heterocycles. The topological polar surface area (TPSA) is 61.4 Å². The van der Waals surface area contributed by atoms with E-state index in [4.69, 9.17) is 0 Å². The minimum Gasteiger partial charge on any atom is -0.343 e. The summed E-state index contributed by atoms with van der Waals surface area (Å²) in [4.78, 5) is 25.5. The van der Waals surface area contributed by atoms with E-state index in [1.807, 2.05) is 43.0 Å². The molecule has 0 atom stereocenters. The smallest absolute Gasteiger partial charge is 0.319 e. The van der Waals surface area contributed by atoms with Gasteiger partial charge < -0.3 is 15.5 Å². The second-order valence-corrected chi connectivity index (χ2v) is 5.72. The number of nitrogens with zero attached hydrogens (tertiary/aromatic N) is 1. The molecule has 1 aliphatic rings. The van der Waals surface area contributed by atoms with Crippen molar-refractivity contribution in [1.29, 1.82) is 0 Å². The number of carbonyl (C=O) groups excluding carboxylic acids is 2. The van der Waals surface area contributed by atoms with E-state index in [1.54, 1.807) is 0 Å². The molecule has 2 rings (SSSR count). The van der Waals surface area contributed by atoms with Crippen molar-refractivity contribution < 1.29 is 9.59 Å². The average Bonchev–Trinajstić information content (AvgIpc) is 3.33. The van der Waals surface area contributed by atoms with Gasteiger partial charge in [0.05, 0.1) is 6.42 Å². The second kappa shape index (κ2) is 7.82. The third-order valence-corrected chi connectivity index (χ3v) is 3.93. The maximum atomic E-state index is 12.0. The first-order valence-corrected chi connectivity index (χ1v) is 8.04. The Hall–Kier alpha value is -2.04. The van der Waals surface area contributed by atoms with Crippen LogP contribution in [0.15, 0.2) is 24.3 Å². The number of benzene rings is 1. The van der Waals surface area contributed by atoms with Crippen LogP contribution in [0.1, 0.15) is 32.3 Å². The molecule has 1 saturated carbocycles. The molecule has 1 aromatic rings. The number of hydrogen-bond acceptors (Lipinski definition) is 2. The van der Waals surface area contributed by atoms with E-state index in [9.17, 15) is 9.59 Å². The van der Waals surface area contributed by atoms with Crippen LogP contribution >= 0.6 is 0 Å². The van der Waals surface area contributed by atoms with Crippen molar-refractivity contribution in [2.75, 3.05) is 25.0 Å². The summed E-state index contributed by atoms with van der Waals surface area (Å²) in [7, 11) is 0. The Kier molecular flexibility index (Phi) is 5.81. The first kappa shape index (κ1) is 16.3. The molecule has 1 aliphatic carbocycles. The Morgan fingerprint density at radius 3 is 2.32 bits per heavy atom. The van der Waals surface area contributed by atoms with Crippen LogP contribution in [-0.2, 0) is 11.2 Å². The van der Waals surface area contributed by atoms with Crippen molar-refractivity contribution in [2.45, 2.75) is 33.1 Å². The van der Waals surface area contributed by atoms with Crippen LogP contribution in [-0.4, -0.2) is 36.5 Å². The standard InChI is InChI=1S/C17H25N3O2/c1-3-20(4-2)16(21)11-13-7-9-15(10-8-13)19-17(22)18-12-14-5-6-14/h7-10,14H,3-6,11-12H2,1-2H3,(H2,18,19,22). The van der Waals surface area contributed by atoms with E-state index in [1.165, 1.54) is 12.8 Å². The quantitative estimate of drug-likeness (QED) is 0.813. The molecule has 0 heterocycles. The molecule has 5 nitrogen and oxygen atoms in total. The lowest BCUT2D eigenvalue weighted by Gasteiger charge is -2.18. The maximum Gasteiger partial charge on any atom is 0.319 e. The number of urea groups is 1. The van der Waals surface area contributed by atoms with Crippen molar-refractivity contribution in [3.8, 4) is 0 Å². The molecular formula is C17H25N3O2. The van der Waals surface area contributed by atoms with Crippen molar-refractivity contribution >= 4 is 17.6 Å². The molecule has 0 radical (unpaired) electrons. The fourth-order valence-electron chi connectivity index (χ4n) is 2.30. The lowest BCUT2D eigenvalue weighted by Crippen LogP contribution is -2.31. The molecular weight excluding hydrogens is 278 g/mol. The van der Waals surface area contributed by atoms with Gasteiger partial charge in [-0.3, -0.25) is 4.79 Å². The van der Waals surface area contributed by atoms with Gasteiger partial charge in [0.1, 0.15) is 0 Å². The van der Waals surface area contributed by atoms with Crippen molar-refractivity contribution in [1.82, 2.24) is 10.2 Å². The number of anilines is 1. The van der Waals surface area contributed by atoms with Gasteiger partial charge in [-0.2, -0.15) is 0 Å². The average molecular weight is 303 g/mol. The molecule has 0 spiro atoms. The highest BCUT2D eigenvalue weighted by molar-refractivity contribution is 5.89. The zero-order valence-electron chi connectivity index (χ0n) is 13.4. The van der Waals surface area contributed by atoms with Gasteiger partial charge >= 0.3 is 6.03 Å². The summed E-state index contributed by atoms with van der Waals surface area (Å²) in [5, 5.41) is 5.66. The van der Waals surface area contributed by atoms with Gasteiger partial charge in [-0.25, -0.2) is 4.79 Å². The molecule has 5 heteroatoms. The minimum absolute atomic E-state index is 0.132. The summed E-state index contributed by atoms with van der Waals surface area (Å²) >= 11 is 0. The van der Waals surface area contributed by atoms with Crippen molar-refractivity contribution in [3.05, 3.63) is 29.8 Å². The number of nitrogens with one attached hydrogen (secondary N) is 2. The van der Waals surface area contributed by atoms with Crippen molar-refractivity contribution in [3.63, 3.8) is 0 Å². The van der Waals surface area contributed by atoms with Gasteiger partial charge in [0.15, 0.2) is 0 Å². The number of likely N-dealkylation sites (N-methyl/N-ethyl adjacent to an activating group) is 1. The molecule has 1 aromatic carbocycles. The molecule has 0 bridgehead atoms. The van der Waals surface area contributed by atoms with Crippen LogP contribution < -0.4 is 10.6 Å². The largest absolute Gasteiger partial charge is 0.343 e. The van der Waals surface area contributed by atoms with E-state index in [2.05, 4.69) is 10.6 Å². The zero-order chi connectivity index (χ0) is 15.9. The number of carbonyl (C=O) groups is 2. The maximum absolute atomic E-state index is 12.0. The highest BCUT2D eigenvalue weighted by Crippen LogP contribution is 2.27. The van der Waals surface area contributed by atoms with Gasteiger partial charge in [-0.1, -0.05) is 12.1 Å². The summed E-state index contributed by atoms with van der Waals surface area (Å²) in [5.74, 6) is 0.798. The number of amides is 3. The molecule has 120 valence electrons. The minimum atomic E-state index is -0.168. The summed E-state index contributed by atoms with van der Waals surface area (Å²) in [6, 6.07) is 7.28. The second-order valence-electron chi connectivity index (χ2n) is 5.72. The SMILES string of the molecule is CCN(CC)C(=O)Cc1ccc(NC(=O)NCC2CC2)cc1. The van der Waals surface area contributed by atoms with E-state index in [0.29, 0.717) is 12.3 Å². The molecule has 1 fully saturated rings. The highest BCUT2D eigenvalue weighted by Gasteiger charge is 2.21. The first-order valence-electron chi connectivity index (χ1n) is 8.04. The summed E-state index contributed by atoms with van der Waals surface area (Å²) in [5.41, 5.74) is 1.70. The monoisotopic (exact) mass is 303 g/mol. The fourth-order valence-corrected chi connectivity index (χ4v) is 2.30. The summed E-state index contributed by atoms with van der Waals surface area (Å²) in [6.45, 7) is 6.18. The van der Waals surface area contributed by atoms with E-state index >= 15 is 0 Å². The Labute approximate surface area is 132 Å². The van der Waals surface area contributed by atoms with Crippen LogP contribution in [0.4, 0.5) is 10.5 Å². The van der Waals surface area contributed by atoms with Gasteiger partial charge in [0.2, 0.25) is 5.91 Å². The van der Waals surface area contributed by atoms with Crippen molar-refractivity contribution in [2.24, 2.45) is 5.92 Å². The molecule has 22 heavy (non-hydrogen) atoms. The predicted molar refractivity (Wildman–Crippen MR) is 87.8 cm³/mol. The third-order valence-electron chi connectivity index (χ3n) is 3.93. The summed E-state index contributed by atoms with van der Waals surface area (Å²) < 4.78 is 0. The Balaban J connectivity index is 1.81. The Morgan fingerprint density at radius 1 is 1.14 bits per heavy atom. The molecule has 0 aromatic heterocycles. The number of rotatable bonds is 7. The first-order chi connectivity index (χ1) is 10.6. The highest BCUT2D eigenvalue weighted by atomic mass is 16.2.